The van der Waals surface area contributed by atoms with Gasteiger partial charge in [-0.1, -0.05) is 103 Å². The van der Waals surface area contributed by atoms with Gasteiger partial charge in [-0.05, 0) is 32.6 Å². The molecule has 2 heteroatoms. The van der Waals surface area contributed by atoms with Crippen molar-refractivity contribution < 1.29 is 9.47 Å². The van der Waals surface area contributed by atoms with Crippen molar-refractivity contribution in [3.8, 4) is 0 Å². The highest BCUT2D eigenvalue weighted by molar-refractivity contribution is 5.04. The molecule has 0 aliphatic carbocycles. The summed E-state index contributed by atoms with van der Waals surface area (Å²) in [5.41, 5.74) is 0. The quantitative estimate of drug-likeness (QED) is 0.217. The lowest BCUT2D eigenvalue weighted by Gasteiger charge is -2.31. The predicted octanol–water partition coefficient (Wildman–Crippen LogP) is 7.48. The molecule has 0 aromatic rings. The molecule has 0 N–H and O–H groups in total. The molecule has 1 heterocycles. The summed E-state index contributed by atoms with van der Waals surface area (Å²) in [5, 5.41) is 0. The molecule has 0 bridgehead atoms. The third-order valence-corrected chi connectivity index (χ3v) is 5.62. The lowest BCUT2D eigenvalue weighted by Crippen LogP contribution is -2.38. The van der Waals surface area contributed by atoms with Crippen LogP contribution in [0.1, 0.15) is 110 Å². The van der Waals surface area contributed by atoms with Crippen molar-refractivity contribution in [2.45, 2.75) is 122 Å². The molecule has 1 rings (SSSR count). The summed E-state index contributed by atoms with van der Waals surface area (Å²) >= 11 is 0. The molecule has 0 saturated carbocycles. The average molecular weight is 379 g/mol. The van der Waals surface area contributed by atoms with E-state index in [4.69, 9.17) is 9.47 Å². The van der Waals surface area contributed by atoms with Crippen molar-refractivity contribution >= 4 is 0 Å². The van der Waals surface area contributed by atoms with Crippen LogP contribution in [0.4, 0.5) is 0 Å². The number of hydrogen-bond acceptors (Lipinski definition) is 2. The Morgan fingerprint density at radius 2 is 1.19 bits per heavy atom. The van der Waals surface area contributed by atoms with E-state index in [9.17, 15) is 0 Å². The van der Waals surface area contributed by atoms with Crippen molar-refractivity contribution in [2.75, 3.05) is 13.2 Å². The first-order valence-corrected chi connectivity index (χ1v) is 11.9. The molecule has 1 fully saturated rings. The second-order valence-electron chi connectivity index (χ2n) is 8.10. The summed E-state index contributed by atoms with van der Waals surface area (Å²) in [7, 11) is 0. The second kappa shape index (κ2) is 19.2. The fourth-order valence-corrected chi connectivity index (χ4v) is 3.92. The van der Waals surface area contributed by atoms with Crippen molar-refractivity contribution in [3.63, 3.8) is 0 Å². The van der Waals surface area contributed by atoms with Gasteiger partial charge in [0, 0.05) is 0 Å². The van der Waals surface area contributed by atoms with Gasteiger partial charge in [0.25, 0.3) is 0 Å². The minimum absolute atomic E-state index is 0.114. The minimum atomic E-state index is 0.114. The maximum Gasteiger partial charge on any atom is 0.0872 e. The van der Waals surface area contributed by atoms with Crippen LogP contribution in [-0.4, -0.2) is 25.4 Å². The zero-order chi connectivity index (χ0) is 19.4. The smallest absolute Gasteiger partial charge is 0.0872 e. The maximum absolute atomic E-state index is 5.90. The lowest BCUT2D eigenvalue weighted by atomic mass is 9.99. The maximum atomic E-state index is 5.90. The molecule has 0 unspecified atom stereocenters. The second-order valence-corrected chi connectivity index (χ2v) is 8.10. The first-order valence-electron chi connectivity index (χ1n) is 11.9. The van der Waals surface area contributed by atoms with Gasteiger partial charge in [-0.15, -0.1) is 0 Å². The molecule has 1 saturated heterocycles. The number of hydrogen-bond donors (Lipinski definition) is 0. The van der Waals surface area contributed by atoms with Crippen LogP contribution in [0.15, 0.2) is 0 Å². The summed E-state index contributed by atoms with van der Waals surface area (Å²) in [6, 6.07) is 0. The van der Waals surface area contributed by atoms with Crippen LogP contribution >= 0.6 is 0 Å². The molecule has 2 nitrogen and oxygen atoms in total. The molecule has 158 valence electrons. The molecular weight excluding hydrogens is 332 g/mol. The summed E-state index contributed by atoms with van der Waals surface area (Å²) in [4.78, 5) is 0. The predicted molar refractivity (Wildman–Crippen MR) is 117 cm³/mol. The highest BCUT2D eigenvalue weighted by Gasteiger charge is 2.25. The fourth-order valence-electron chi connectivity index (χ4n) is 3.92. The van der Waals surface area contributed by atoms with Crippen LogP contribution in [0.5, 0.6) is 0 Å². The van der Waals surface area contributed by atoms with Crippen LogP contribution in [0.25, 0.3) is 0 Å². The standard InChI is InChI=1S/C25H46O2/c1-3-5-7-8-9-10-11-12-13-14-15-16-17-18-19-21-25-24(20-6-4-2)26-22-23-27-25/h4,6,20,24-25H,2-3,5,7-19,21-23H2,1H3/t24-,25+/m1/s1. The number of rotatable bonds is 19. The Kier molecular flexibility index (Phi) is 17.8. The third-order valence-electron chi connectivity index (χ3n) is 5.62. The van der Waals surface area contributed by atoms with Gasteiger partial charge in [0.1, 0.15) is 0 Å². The van der Waals surface area contributed by atoms with E-state index >= 15 is 0 Å². The van der Waals surface area contributed by atoms with Gasteiger partial charge in [0.15, 0.2) is 0 Å². The SMILES string of the molecule is [CH2][CH][CH][CH][C@H]1OCCO[C@H]1CCCCCCCCCCCCCCCCC. The Hall–Kier alpha value is -0.0800. The van der Waals surface area contributed by atoms with E-state index in [1.807, 2.05) is 12.8 Å². The molecular formula is C25H46O2. The molecule has 0 aromatic carbocycles. The third kappa shape index (κ3) is 14.6. The van der Waals surface area contributed by atoms with E-state index in [1.165, 1.54) is 96.3 Å². The van der Waals surface area contributed by atoms with Gasteiger partial charge >= 0.3 is 0 Å². The highest BCUT2D eigenvalue weighted by atomic mass is 16.6. The van der Waals surface area contributed by atoms with E-state index in [0.29, 0.717) is 6.61 Å². The van der Waals surface area contributed by atoms with Gasteiger partial charge in [-0.2, -0.15) is 0 Å². The molecule has 1 aliphatic heterocycles. The molecule has 27 heavy (non-hydrogen) atoms. The van der Waals surface area contributed by atoms with E-state index in [-0.39, 0.29) is 12.2 Å². The van der Waals surface area contributed by atoms with Crippen molar-refractivity contribution in [3.05, 3.63) is 26.2 Å². The molecule has 0 spiro atoms. The lowest BCUT2D eigenvalue weighted by molar-refractivity contribution is -0.128. The Morgan fingerprint density at radius 3 is 1.70 bits per heavy atom. The first-order chi connectivity index (χ1) is 13.4. The normalized spacial score (nSPS) is 20.2. The Balaban J connectivity index is 1.82. The summed E-state index contributed by atoms with van der Waals surface area (Å²) in [6.45, 7) is 7.47. The fraction of sp³-hybridized carbons (Fsp3) is 0.840. The first kappa shape index (κ1) is 25.0. The highest BCUT2D eigenvalue weighted by Crippen LogP contribution is 2.21. The van der Waals surface area contributed by atoms with Crippen LogP contribution in [0.3, 0.4) is 0 Å². The average Bonchev–Trinajstić information content (AvgIpc) is 2.70. The Bertz CT molecular complexity index is 292. The van der Waals surface area contributed by atoms with Gasteiger partial charge in [0.05, 0.1) is 25.4 Å². The van der Waals surface area contributed by atoms with E-state index in [2.05, 4.69) is 20.3 Å². The molecule has 4 radical (unpaired) electrons. The summed E-state index contributed by atoms with van der Waals surface area (Å²) in [6.07, 6.45) is 28.5. The molecule has 1 aliphatic rings. The number of ether oxygens (including phenoxy) is 2. The van der Waals surface area contributed by atoms with Gasteiger partial charge in [-0.3, -0.25) is 0 Å². The zero-order valence-corrected chi connectivity index (χ0v) is 18.1. The van der Waals surface area contributed by atoms with Crippen LogP contribution in [-0.2, 0) is 9.47 Å². The Morgan fingerprint density at radius 1 is 0.704 bits per heavy atom. The molecule has 0 amide bonds. The van der Waals surface area contributed by atoms with Gasteiger partial charge in [-0.25, -0.2) is 0 Å². The molecule has 0 aromatic heterocycles. The zero-order valence-electron chi connectivity index (χ0n) is 18.1. The van der Waals surface area contributed by atoms with Crippen LogP contribution in [0.2, 0.25) is 0 Å². The van der Waals surface area contributed by atoms with Crippen molar-refractivity contribution in [1.29, 1.82) is 0 Å². The van der Waals surface area contributed by atoms with Crippen LogP contribution in [0, 0.1) is 26.2 Å². The summed E-state index contributed by atoms with van der Waals surface area (Å²) < 4.78 is 11.7. The van der Waals surface area contributed by atoms with E-state index in [0.717, 1.165) is 13.0 Å². The Labute approximate surface area is 171 Å². The molecule has 2 atom stereocenters. The van der Waals surface area contributed by atoms with E-state index in [1.54, 1.807) is 0 Å². The van der Waals surface area contributed by atoms with Crippen molar-refractivity contribution in [2.24, 2.45) is 0 Å². The minimum Gasteiger partial charge on any atom is -0.373 e. The van der Waals surface area contributed by atoms with Crippen molar-refractivity contribution in [1.82, 2.24) is 0 Å². The largest absolute Gasteiger partial charge is 0.373 e. The topological polar surface area (TPSA) is 18.5 Å². The van der Waals surface area contributed by atoms with Gasteiger partial charge < -0.3 is 9.47 Å². The number of unbranched alkanes of at least 4 members (excludes halogenated alkanes) is 15. The van der Waals surface area contributed by atoms with E-state index < -0.39 is 0 Å². The monoisotopic (exact) mass is 378 g/mol. The summed E-state index contributed by atoms with van der Waals surface area (Å²) in [5.74, 6) is 0. The van der Waals surface area contributed by atoms with Crippen LogP contribution < -0.4 is 0 Å². The van der Waals surface area contributed by atoms with Gasteiger partial charge in [0.2, 0.25) is 0 Å².